The molecule has 2 aliphatic rings. The molecule has 0 atom stereocenters. The van der Waals surface area contributed by atoms with Gasteiger partial charge in [0.2, 0.25) is 0 Å². The first kappa shape index (κ1) is 10.3. The molecule has 0 bridgehead atoms. The van der Waals surface area contributed by atoms with Gasteiger partial charge in [0.05, 0.1) is 0 Å². The molecule has 0 amide bonds. The van der Waals surface area contributed by atoms with Crippen LogP contribution in [0.4, 0.5) is 0 Å². The predicted molar refractivity (Wildman–Crippen MR) is 62.7 cm³/mol. The van der Waals surface area contributed by atoms with E-state index in [-0.39, 0.29) is 0 Å². The van der Waals surface area contributed by atoms with Crippen LogP contribution in [0, 0.1) is 0 Å². The van der Waals surface area contributed by atoms with Crippen LogP contribution in [0.3, 0.4) is 0 Å². The van der Waals surface area contributed by atoms with Gasteiger partial charge in [0.25, 0.3) is 0 Å². The van der Waals surface area contributed by atoms with E-state index in [1.165, 1.54) is 5.56 Å². The molecule has 78 valence electrons. The molecule has 0 radical (unpaired) electrons. The molecule has 2 aliphatic carbocycles. The Hall–Kier alpha value is -2.22. The topological polar surface area (TPSA) is 34.1 Å². The van der Waals surface area contributed by atoms with Crippen LogP contribution in [0.1, 0.15) is 20.7 Å². The summed E-state index contributed by atoms with van der Waals surface area (Å²) < 4.78 is 0. The number of rotatable bonds is 2. The molecule has 16 heavy (non-hydrogen) atoms. The molecular formula is C14H10O2. The van der Waals surface area contributed by atoms with Gasteiger partial charge >= 0.3 is 0 Å². The molecule has 2 heteroatoms. The van der Waals surface area contributed by atoms with Gasteiger partial charge in [0.1, 0.15) is 6.29 Å². The van der Waals surface area contributed by atoms with Crippen molar-refractivity contribution >= 4 is 12.6 Å². The number of aldehydes is 2. The smallest absolute Gasteiger partial charge is 0.150 e. The fourth-order valence-corrected chi connectivity index (χ4v) is 1.45. The van der Waals surface area contributed by atoms with Gasteiger partial charge < -0.3 is 0 Å². The van der Waals surface area contributed by atoms with Gasteiger partial charge in [0.15, 0.2) is 6.29 Å². The summed E-state index contributed by atoms with van der Waals surface area (Å²) in [6.07, 6.45) is 1.72. The Balaban J connectivity index is 0.000000120. The Morgan fingerprint density at radius 3 is 1.81 bits per heavy atom. The molecule has 0 fully saturated rings. The summed E-state index contributed by atoms with van der Waals surface area (Å²) in [4.78, 5) is 20.0. The van der Waals surface area contributed by atoms with Gasteiger partial charge in [-0.05, 0) is 17.2 Å². The summed E-state index contributed by atoms with van der Waals surface area (Å²) in [6, 6.07) is 14.9. The average molecular weight is 210 g/mol. The maximum Gasteiger partial charge on any atom is 0.150 e. The van der Waals surface area contributed by atoms with E-state index >= 15 is 0 Å². The minimum atomic E-state index is 0.729. The molecule has 1 aromatic rings. The lowest BCUT2D eigenvalue weighted by molar-refractivity contribution is 0.111. The van der Waals surface area contributed by atoms with Crippen molar-refractivity contribution in [2.45, 2.75) is 0 Å². The second-order valence-electron chi connectivity index (χ2n) is 3.45. The lowest BCUT2D eigenvalue weighted by atomic mass is 9.88. The van der Waals surface area contributed by atoms with E-state index in [0.29, 0.717) is 0 Å². The van der Waals surface area contributed by atoms with Crippen molar-refractivity contribution in [2.75, 3.05) is 0 Å². The molecule has 0 heterocycles. The van der Waals surface area contributed by atoms with Crippen LogP contribution in [0.25, 0.3) is 11.1 Å². The maximum atomic E-state index is 10.0. The zero-order valence-corrected chi connectivity index (χ0v) is 8.59. The van der Waals surface area contributed by atoms with E-state index in [1.54, 1.807) is 12.1 Å². The van der Waals surface area contributed by atoms with Crippen molar-refractivity contribution in [2.24, 2.45) is 0 Å². The van der Waals surface area contributed by atoms with Crippen LogP contribution < -0.4 is 0 Å². The van der Waals surface area contributed by atoms with Gasteiger partial charge in [0, 0.05) is 11.1 Å². The number of benzene rings is 2. The highest BCUT2D eigenvalue weighted by molar-refractivity contribution is 5.97. The fraction of sp³-hybridized carbons (Fsp3) is 0. The van der Waals surface area contributed by atoms with Gasteiger partial charge in [-0.3, -0.25) is 9.59 Å². The van der Waals surface area contributed by atoms with Crippen molar-refractivity contribution in [3.05, 3.63) is 59.7 Å². The Morgan fingerprint density at radius 1 is 0.812 bits per heavy atom. The molecule has 0 unspecified atom stereocenters. The van der Waals surface area contributed by atoms with Crippen molar-refractivity contribution in [1.29, 1.82) is 0 Å². The molecule has 1 aromatic carbocycles. The first-order valence-corrected chi connectivity index (χ1v) is 4.95. The van der Waals surface area contributed by atoms with E-state index in [4.69, 9.17) is 0 Å². The van der Waals surface area contributed by atoms with E-state index in [1.807, 2.05) is 36.4 Å². The van der Waals surface area contributed by atoms with Crippen molar-refractivity contribution in [3.63, 3.8) is 0 Å². The molecule has 0 saturated heterocycles. The molecule has 2 nitrogen and oxygen atoms in total. The SMILES string of the molecule is O=Cc1cc2ccc1-2.O=Cc1ccccc1. The minimum absolute atomic E-state index is 0.729. The number of hydrogen-bond donors (Lipinski definition) is 0. The summed E-state index contributed by atoms with van der Waals surface area (Å²) in [6.45, 7) is 0. The van der Waals surface area contributed by atoms with Crippen molar-refractivity contribution in [3.8, 4) is 11.1 Å². The third-order valence-electron chi connectivity index (χ3n) is 2.43. The highest BCUT2D eigenvalue weighted by atomic mass is 16.1. The van der Waals surface area contributed by atoms with E-state index in [2.05, 4.69) is 0 Å². The summed E-state index contributed by atoms with van der Waals surface area (Å²) in [7, 11) is 0. The summed E-state index contributed by atoms with van der Waals surface area (Å²) >= 11 is 0. The first-order valence-electron chi connectivity index (χ1n) is 4.95. The Bertz CT molecular complexity index is 503. The molecule has 0 N–H and O–H groups in total. The quantitative estimate of drug-likeness (QED) is 0.609. The maximum absolute atomic E-state index is 10.0. The first-order chi connectivity index (χ1) is 7.85. The second kappa shape index (κ2) is 4.53. The average Bonchev–Trinajstić information content (AvgIpc) is 2.34. The van der Waals surface area contributed by atoms with E-state index in [9.17, 15) is 9.59 Å². The van der Waals surface area contributed by atoms with Gasteiger partial charge in [-0.1, -0.05) is 42.5 Å². The van der Waals surface area contributed by atoms with Crippen molar-refractivity contribution < 1.29 is 9.59 Å². The van der Waals surface area contributed by atoms with Gasteiger partial charge in [-0.15, -0.1) is 0 Å². The highest BCUT2D eigenvalue weighted by Gasteiger charge is 2.14. The Morgan fingerprint density at radius 2 is 1.56 bits per heavy atom. The molecule has 3 rings (SSSR count). The molecule has 0 aromatic heterocycles. The summed E-state index contributed by atoms with van der Waals surface area (Å²) in [5.41, 5.74) is 3.95. The number of fused-ring (bicyclic) bond motifs is 1. The normalized spacial score (nSPS) is 9.75. The number of carbonyl (C=O) groups is 2. The zero-order chi connectivity index (χ0) is 11.4. The minimum Gasteiger partial charge on any atom is -0.298 e. The summed E-state index contributed by atoms with van der Waals surface area (Å²) in [5.74, 6) is 0. The zero-order valence-electron chi connectivity index (χ0n) is 8.59. The highest BCUT2D eigenvalue weighted by Crippen LogP contribution is 2.34. The van der Waals surface area contributed by atoms with Crippen LogP contribution in [0.15, 0.2) is 48.5 Å². The van der Waals surface area contributed by atoms with Crippen molar-refractivity contribution in [1.82, 2.24) is 0 Å². The Labute approximate surface area is 93.5 Å². The van der Waals surface area contributed by atoms with Crippen LogP contribution in [-0.2, 0) is 0 Å². The van der Waals surface area contributed by atoms with Gasteiger partial charge in [-0.2, -0.15) is 0 Å². The third-order valence-corrected chi connectivity index (χ3v) is 2.43. The predicted octanol–water partition coefficient (Wildman–Crippen LogP) is 2.98. The molecule has 0 saturated carbocycles. The lowest BCUT2D eigenvalue weighted by Gasteiger charge is -2.15. The molecule has 0 aliphatic heterocycles. The van der Waals surface area contributed by atoms with Crippen LogP contribution in [0.5, 0.6) is 0 Å². The van der Waals surface area contributed by atoms with E-state index < -0.39 is 0 Å². The fourth-order valence-electron chi connectivity index (χ4n) is 1.45. The van der Waals surface area contributed by atoms with Crippen LogP contribution in [-0.4, -0.2) is 12.6 Å². The van der Waals surface area contributed by atoms with Crippen LogP contribution >= 0.6 is 0 Å². The van der Waals surface area contributed by atoms with E-state index in [0.717, 1.165) is 29.3 Å². The Kier molecular flexibility index (Phi) is 2.92. The standard InChI is InChI=1S/C7H4O.C7H6O/c8-4-6-3-5-1-2-7(5)6;8-6-7-4-2-1-3-5-7/h1-4H;1-6H. The second-order valence-corrected chi connectivity index (χ2v) is 3.45. The van der Waals surface area contributed by atoms with Crippen LogP contribution in [0.2, 0.25) is 0 Å². The lowest BCUT2D eigenvalue weighted by Crippen LogP contribution is -1.97. The number of carbonyl (C=O) groups excluding carboxylic acids is 2. The largest absolute Gasteiger partial charge is 0.298 e. The monoisotopic (exact) mass is 210 g/mol. The summed E-state index contributed by atoms with van der Waals surface area (Å²) in [5, 5.41) is 0. The molecule has 0 spiro atoms. The van der Waals surface area contributed by atoms with Gasteiger partial charge in [-0.25, -0.2) is 0 Å². The third kappa shape index (κ3) is 1.91. The number of hydrogen-bond acceptors (Lipinski definition) is 2. The molecular weight excluding hydrogens is 200 g/mol.